The van der Waals surface area contributed by atoms with E-state index >= 15 is 0 Å². The summed E-state index contributed by atoms with van der Waals surface area (Å²) in [6.07, 6.45) is -3.56. The highest BCUT2D eigenvalue weighted by atomic mass is 19.4. The number of alkyl halides is 3. The van der Waals surface area contributed by atoms with Crippen LogP contribution < -0.4 is 5.32 Å². The van der Waals surface area contributed by atoms with Crippen LogP contribution in [0.4, 0.5) is 13.2 Å². The number of rotatable bonds is 4. The van der Waals surface area contributed by atoms with Crippen molar-refractivity contribution in [1.82, 2.24) is 10.2 Å². The molecule has 1 aliphatic heterocycles. The van der Waals surface area contributed by atoms with Crippen molar-refractivity contribution in [3.63, 3.8) is 0 Å². The van der Waals surface area contributed by atoms with Gasteiger partial charge in [-0.15, -0.1) is 0 Å². The van der Waals surface area contributed by atoms with Crippen LogP contribution >= 0.6 is 0 Å². The first-order valence-electron chi connectivity index (χ1n) is 7.91. The number of benzene rings is 1. The van der Waals surface area contributed by atoms with Gasteiger partial charge in [0.15, 0.2) is 0 Å². The second-order valence-electron chi connectivity index (χ2n) is 6.26. The van der Waals surface area contributed by atoms with Gasteiger partial charge in [-0.05, 0) is 38.8 Å². The second-order valence-corrected chi connectivity index (χ2v) is 6.26. The normalized spacial score (nSPS) is 21.0. The van der Waals surface area contributed by atoms with E-state index in [9.17, 15) is 18.0 Å². The summed E-state index contributed by atoms with van der Waals surface area (Å²) in [5.41, 5.74) is 2.11. The first-order chi connectivity index (χ1) is 10.8. The van der Waals surface area contributed by atoms with Crippen LogP contribution in [0.1, 0.15) is 30.9 Å². The SMILES string of the molecule is Cc1ccc(CNC(=O)[C@H](C)N2CCC[C@@H](C(F)(F)F)C2)cc1. The van der Waals surface area contributed by atoms with Crippen molar-refractivity contribution in [2.45, 2.75) is 45.5 Å². The van der Waals surface area contributed by atoms with E-state index in [1.807, 2.05) is 31.2 Å². The van der Waals surface area contributed by atoms with E-state index in [0.29, 0.717) is 19.5 Å². The van der Waals surface area contributed by atoms with Crippen molar-refractivity contribution >= 4 is 5.91 Å². The molecule has 0 spiro atoms. The summed E-state index contributed by atoms with van der Waals surface area (Å²) in [5, 5.41) is 2.81. The Morgan fingerprint density at radius 3 is 2.61 bits per heavy atom. The molecular weight excluding hydrogens is 305 g/mol. The van der Waals surface area contributed by atoms with Gasteiger partial charge in [-0.1, -0.05) is 29.8 Å². The third-order valence-corrected chi connectivity index (χ3v) is 4.43. The molecule has 1 saturated heterocycles. The fraction of sp³-hybridized carbons (Fsp3) is 0.588. The van der Waals surface area contributed by atoms with E-state index in [4.69, 9.17) is 0 Å². The predicted molar refractivity (Wildman–Crippen MR) is 82.8 cm³/mol. The number of nitrogens with one attached hydrogen (secondary N) is 1. The zero-order valence-electron chi connectivity index (χ0n) is 13.5. The number of hydrogen-bond donors (Lipinski definition) is 1. The molecule has 0 saturated carbocycles. The number of hydrogen-bond acceptors (Lipinski definition) is 2. The quantitative estimate of drug-likeness (QED) is 0.920. The van der Waals surface area contributed by atoms with Gasteiger partial charge >= 0.3 is 6.18 Å². The molecule has 1 fully saturated rings. The number of amides is 1. The lowest BCUT2D eigenvalue weighted by atomic mass is 9.96. The zero-order chi connectivity index (χ0) is 17.0. The molecule has 1 aromatic rings. The van der Waals surface area contributed by atoms with Gasteiger partial charge in [0.05, 0.1) is 12.0 Å². The highest BCUT2D eigenvalue weighted by Gasteiger charge is 2.43. The Labute approximate surface area is 134 Å². The Kier molecular flexibility index (Phi) is 5.68. The molecule has 128 valence electrons. The number of halogens is 3. The molecule has 0 bridgehead atoms. The third kappa shape index (κ3) is 4.96. The van der Waals surface area contributed by atoms with Gasteiger partial charge < -0.3 is 5.32 Å². The lowest BCUT2D eigenvalue weighted by Crippen LogP contribution is -2.51. The van der Waals surface area contributed by atoms with Gasteiger partial charge in [0.2, 0.25) is 5.91 Å². The summed E-state index contributed by atoms with van der Waals surface area (Å²) in [5.74, 6) is -1.56. The molecule has 1 amide bonds. The predicted octanol–water partition coefficient (Wildman–Crippen LogP) is 3.27. The van der Waals surface area contributed by atoms with Crippen molar-refractivity contribution in [3.8, 4) is 0 Å². The number of carbonyl (C=O) groups is 1. The highest BCUT2D eigenvalue weighted by molar-refractivity contribution is 5.81. The number of nitrogens with zero attached hydrogens (tertiary/aromatic N) is 1. The molecule has 2 atom stereocenters. The molecule has 0 unspecified atom stereocenters. The Bertz CT molecular complexity index is 528. The average Bonchev–Trinajstić information content (AvgIpc) is 2.52. The van der Waals surface area contributed by atoms with Gasteiger partial charge in [-0.3, -0.25) is 9.69 Å². The monoisotopic (exact) mass is 328 g/mol. The van der Waals surface area contributed by atoms with Crippen molar-refractivity contribution in [3.05, 3.63) is 35.4 Å². The molecule has 0 aromatic heterocycles. The molecule has 1 N–H and O–H groups in total. The summed E-state index contributed by atoms with van der Waals surface area (Å²) in [4.78, 5) is 13.8. The summed E-state index contributed by atoms with van der Waals surface area (Å²) in [7, 11) is 0. The molecule has 1 heterocycles. The molecule has 0 aliphatic carbocycles. The van der Waals surface area contributed by atoms with Gasteiger partial charge in [0, 0.05) is 13.1 Å². The summed E-state index contributed by atoms with van der Waals surface area (Å²) in [6.45, 7) is 4.48. The topological polar surface area (TPSA) is 32.3 Å². The molecule has 23 heavy (non-hydrogen) atoms. The smallest absolute Gasteiger partial charge is 0.351 e. The molecule has 3 nitrogen and oxygen atoms in total. The standard InChI is InChI=1S/C17H23F3N2O/c1-12-5-7-14(8-6-12)10-21-16(23)13(2)22-9-3-4-15(11-22)17(18,19)20/h5-8,13,15H,3-4,9-11H2,1-2H3,(H,21,23)/t13-,15+/m0/s1. The molecule has 1 aliphatic rings. The van der Waals surface area contributed by atoms with Crippen LogP contribution in [0.3, 0.4) is 0 Å². The van der Waals surface area contributed by atoms with E-state index in [2.05, 4.69) is 5.32 Å². The van der Waals surface area contributed by atoms with Crippen LogP contribution in [-0.2, 0) is 11.3 Å². The Morgan fingerprint density at radius 2 is 2.00 bits per heavy atom. The second kappa shape index (κ2) is 7.34. The van der Waals surface area contributed by atoms with Crippen LogP contribution in [-0.4, -0.2) is 36.1 Å². The lowest BCUT2D eigenvalue weighted by Gasteiger charge is -2.36. The zero-order valence-corrected chi connectivity index (χ0v) is 13.5. The maximum absolute atomic E-state index is 12.9. The fourth-order valence-electron chi connectivity index (χ4n) is 2.83. The number of likely N-dealkylation sites (tertiary alicyclic amines) is 1. The molecule has 6 heteroatoms. The van der Waals surface area contributed by atoms with Crippen molar-refractivity contribution in [2.75, 3.05) is 13.1 Å². The van der Waals surface area contributed by atoms with Gasteiger partial charge in [-0.2, -0.15) is 13.2 Å². The van der Waals surface area contributed by atoms with E-state index < -0.39 is 18.1 Å². The maximum Gasteiger partial charge on any atom is 0.393 e. The minimum Gasteiger partial charge on any atom is -0.351 e. The Morgan fingerprint density at radius 1 is 1.35 bits per heavy atom. The van der Waals surface area contributed by atoms with Crippen LogP contribution in [0.2, 0.25) is 0 Å². The van der Waals surface area contributed by atoms with Crippen molar-refractivity contribution < 1.29 is 18.0 Å². The summed E-state index contributed by atoms with van der Waals surface area (Å²) >= 11 is 0. The van der Waals surface area contributed by atoms with E-state index in [-0.39, 0.29) is 18.9 Å². The molecule has 0 radical (unpaired) electrons. The van der Waals surface area contributed by atoms with Gasteiger partial charge in [-0.25, -0.2) is 0 Å². The molecule has 1 aromatic carbocycles. The minimum absolute atomic E-state index is 0.0946. The lowest BCUT2D eigenvalue weighted by molar-refractivity contribution is -0.188. The maximum atomic E-state index is 12.9. The van der Waals surface area contributed by atoms with Crippen LogP contribution in [0.25, 0.3) is 0 Å². The first-order valence-corrected chi connectivity index (χ1v) is 7.91. The average molecular weight is 328 g/mol. The van der Waals surface area contributed by atoms with E-state index in [1.54, 1.807) is 11.8 Å². The third-order valence-electron chi connectivity index (χ3n) is 4.43. The summed E-state index contributed by atoms with van der Waals surface area (Å²) in [6, 6.07) is 7.24. The number of carbonyl (C=O) groups excluding carboxylic acids is 1. The Hall–Kier alpha value is -1.56. The van der Waals surface area contributed by atoms with Gasteiger partial charge in [0.1, 0.15) is 0 Å². The van der Waals surface area contributed by atoms with Crippen molar-refractivity contribution in [1.29, 1.82) is 0 Å². The number of aryl methyl sites for hydroxylation is 1. The van der Waals surface area contributed by atoms with E-state index in [0.717, 1.165) is 11.1 Å². The van der Waals surface area contributed by atoms with Gasteiger partial charge in [0.25, 0.3) is 0 Å². The molecular formula is C17H23F3N2O. The highest BCUT2D eigenvalue weighted by Crippen LogP contribution is 2.33. The van der Waals surface area contributed by atoms with E-state index in [1.165, 1.54) is 0 Å². The summed E-state index contributed by atoms with van der Waals surface area (Å²) < 4.78 is 38.6. The Balaban J connectivity index is 1.87. The van der Waals surface area contributed by atoms with Crippen LogP contribution in [0, 0.1) is 12.8 Å². The first kappa shape index (κ1) is 17.8. The van der Waals surface area contributed by atoms with Crippen LogP contribution in [0.15, 0.2) is 24.3 Å². The molecule has 2 rings (SSSR count). The minimum atomic E-state index is -4.18. The van der Waals surface area contributed by atoms with Crippen molar-refractivity contribution in [2.24, 2.45) is 5.92 Å². The number of piperidine rings is 1. The largest absolute Gasteiger partial charge is 0.393 e. The fourth-order valence-corrected chi connectivity index (χ4v) is 2.83. The van der Waals surface area contributed by atoms with Crippen LogP contribution in [0.5, 0.6) is 0 Å².